The molecule has 1 fully saturated rings. The minimum absolute atomic E-state index is 0.0481. The predicted molar refractivity (Wildman–Crippen MR) is 65.0 cm³/mol. The summed E-state index contributed by atoms with van der Waals surface area (Å²) in [7, 11) is 0. The molecule has 0 aromatic carbocycles. The van der Waals surface area contributed by atoms with E-state index >= 15 is 0 Å². The zero-order valence-electron chi connectivity index (χ0n) is 9.99. The number of nitrogens with one attached hydrogen (secondary N) is 1. The van der Waals surface area contributed by atoms with Crippen molar-refractivity contribution in [1.82, 2.24) is 9.97 Å². The third-order valence-electron chi connectivity index (χ3n) is 3.06. The number of rotatable bonds is 2. The van der Waals surface area contributed by atoms with Crippen LogP contribution in [0, 0.1) is 0 Å². The fourth-order valence-electron chi connectivity index (χ4n) is 2.03. The smallest absolute Gasteiger partial charge is 0.291 e. The van der Waals surface area contributed by atoms with Crippen LogP contribution in [0.25, 0.3) is 0 Å². The summed E-state index contributed by atoms with van der Waals surface area (Å²) in [6, 6.07) is 0. The second-order valence-corrected chi connectivity index (χ2v) is 4.69. The molecule has 0 bridgehead atoms. The van der Waals surface area contributed by atoms with Gasteiger partial charge >= 0.3 is 0 Å². The third kappa shape index (κ3) is 2.26. The Bertz CT molecular complexity index is 405. The number of nitrogens with zero attached hydrogens (tertiary/aromatic N) is 2. The normalized spacial score (nSPS) is 16.8. The highest BCUT2D eigenvalue weighted by Gasteiger charge is 2.15. The zero-order valence-corrected chi connectivity index (χ0v) is 9.99. The van der Waals surface area contributed by atoms with Gasteiger partial charge in [-0.3, -0.25) is 4.79 Å². The van der Waals surface area contributed by atoms with Crippen LogP contribution in [0.5, 0.6) is 0 Å². The van der Waals surface area contributed by atoms with Crippen LogP contribution in [0.4, 0.5) is 5.82 Å². The van der Waals surface area contributed by atoms with E-state index in [-0.39, 0.29) is 5.56 Å². The highest BCUT2D eigenvalue weighted by molar-refractivity contribution is 5.36. The third-order valence-corrected chi connectivity index (χ3v) is 3.06. The summed E-state index contributed by atoms with van der Waals surface area (Å²) < 4.78 is 0. The Morgan fingerprint density at radius 3 is 2.56 bits per heavy atom. The molecule has 1 N–H and O–H groups in total. The first-order valence-corrected chi connectivity index (χ1v) is 6.02. The van der Waals surface area contributed by atoms with Crippen molar-refractivity contribution in [1.29, 1.82) is 0 Å². The standard InChI is InChI=1S/C12H19N3O/c1-9(2)10-8-13-11(12(16)14-10)15-6-4-3-5-7-15/h8-9H,3-7H2,1-2H3,(H,14,16). The van der Waals surface area contributed by atoms with Crippen LogP contribution in [0.3, 0.4) is 0 Å². The highest BCUT2D eigenvalue weighted by atomic mass is 16.1. The van der Waals surface area contributed by atoms with Gasteiger partial charge in [-0.05, 0) is 25.2 Å². The molecule has 1 aromatic rings. The monoisotopic (exact) mass is 221 g/mol. The summed E-state index contributed by atoms with van der Waals surface area (Å²) in [5, 5.41) is 0. The Morgan fingerprint density at radius 2 is 2.00 bits per heavy atom. The molecular formula is C12H19N3O. The molecule has 0 spiro atoms. The molecule has 1 aliphatic heterocycles. The summed E-state index contributed by atoms with van der Waals surface area (Å²) >= 11 is 0. The van der Waals surface area contributed by atoms with Gasteiger partial charge in [0.05, 0.1) is 0 Å². The molecule has 0 unspecified atom stereocenters. The average Bonchev–Trinajstić information content (AvgIpc) is 2.30. The lowest BCUT2D eigenvalue weighted by Crippen LogP contribution is -2.35. The summed E-state index contributed by atoms with van der Waals surface area (Å²) in [6.07, 6.45) is 5.37. The summed E-state index contributed by atoms with van der Waals surface area (Å²) in [5.41, 5.74) is 0.860. The van der Waals surface area contributed by atoms with Gasteiger partial charge in [-0.25, -0.2) is 4.98 Å². The van der Waals surface area contributed by atoms with Gasteiger partial charge in [0, 0.05) is 25.0 Å². The number of hydrogen-bond acceptors (Lipinski definition) is 3. The number of H-pyrrole nitrogens is 1. The van der Waals surface area contributed by atoms with E-state index in [1.165, 1.54) is 6.42 Å². The van der Waals surface area contributed by atoms with E-state index in [4.69, 9.17) is 0 Å². The Morgan fingerprint density at radius 1 is 1.31 bits per heavy atom. The first-order chi connectivity index (χ1) is 7.68. The molecule has 16 heavy (non-hydrogen) atoms. The molecule has 4 nitrogen and oxygen atoms in total. The molecular weight excluding hydrogens is 202 g/mol. The van der Waals surface area contributed by atoms with E-state index in [0.29, 0.717) is 11.7 Å². The fraction of sp³-hybridized carbons (Fsp3) is 0.667. The number of anilines is 1. The maximum absolute atomic E-state index is 11.9. The molecule has 1 saturated heterocycles. The molecule has 0 radical (unpaired) electrons. The van der Waals surface area contributed by atoms with Crippen molar-refractivity contribution >= 4 is 5.82 Å². The highest BCUT2D eigenvalue weighted by Crippen LogP contribution is 2.15. The molecule has 1 aromatic heterocycles. The maximum atomic E-state index is 11.9. The minimum atomic E-state index is -0.0481. The van der Waals surface area contributed by atoms with E-state index in [0.717, 1.165) is 31.6 Å². The summed E-state index contributed by atoms with van der Waals surface area (Å²) in [4.78, 5) is 21.2. The van der Waals surface area contributed by atoms with E-state index < -0.39 is 0 Å². The molecule has 1 aliphatic rings. The molecule has 0 aliphatic carbocycles. The quantitative estimate of drug-likeness (QED) is 0.829. The first-order valence-electron chi connectivity index (χ1n) is 6.02. The van der Waals surface area contributed by atoms with Gasteiger partial charge in [-0.2, -0.15) is 0 Å². The van der Waals surface area contributed by atoms with Gasteiger partial charge < -0.3 is 9.88 Å². The van der Waals surface area contributed by atoms with Crippen LogP contribution in [0.15, 0.2) is 11.0 Å². The zero-order chi connectivity index (χ0) is 11.5. The van der Waals surface area contributed by atoms with Crippen LogP contribution in [-0.2, 0) is 0 Å². The van der Waals surface area contributed by atoms with E-state index in [1.807, 2.05) is 13.8 Å². The van der Waals surface area contributed by atoms with Crippen LogP contribution < -0.4 is 10.5 Å². The number of aromatic nitrogens is 2. The van der Waals surface area contributed by atoms with Crippen molar-refractivity contribution in [2.24, 2.45) is 0 Å². The van der Waals surface area contributed by atoms with Gasteiger partial charge in [0.15, 0.2) is 5.82 Å². The molecule has 0 saturated carbocycles. The molecule has 2 heterocycles. The van der Waals surface area contributed by atoms with Crippen molar-refractivity contribution in [3.63, 3.8) is 0 Å². The van der Waals surface area contributed by atoms with Gasteiger partial charge in [-0.1, -0.05) is 13.8 Å². The van der Waals surface area contributed by atoms with Crippen molar-refractivity contribution in [3.05, 3.63) is 22.2 Å². The Labute approximate surface area is 95.7 Å². The van der Waals surface area contributed by atoms with Crippen molar-refractivity contribution in [2.75, 3.05) is 18.0 Å². The molecule has 0 amide bonds. The molecule has 88 valence electrons. The van der Waals surface area contributed by atoms with Gasteiger partial charge in [0.2, 0.25) is 0 Å². The predicted octanol–water partition coefficient (Wildman–Crippen LogP) is 1.88. The number of hydrogen-bond donors (Lipinski definition) is 1. The first kappa shape index (κ1) is 11.2. The SMILES string of the molecule is CC(C)c1cnc(N2CCCCC2)c(=O)[nH]1. The molecule has 4 heteroatoms. The van der Waals surface area contributed by atoms with Crippen molar-refractivity contribution in [3.8, 4) is 0 Å². The lowest BCUT2D eigenvalue weighted by molar-refractivity contribution is 0.570. The number of aromatic amines is 1. The van der Waals surface area contributed by atoms with Crippen LogP contribution in [-0.4, -0.2) is 23.1 Å². The fourth-order valence-corrected chi connectivity index (χ4v) is 2.03. The second kappa shape index (κ2) is 4.68. The molecule has 0 atom stereocenters. The Hall–Kier alpha value is -1.32. The largest absolute Gasteiger partial charge is 0.352 e. The van der Waals surface area contributed by atoms with Crippen LogP contribution in [0.2, 0.25) is 0 Å². The van der Waals surface area contributed by atoms with Gasteiger partial charge in [0.1, 0.15) is 0 Å². The van der Waals surface area contributed by atoms with E-state index in [9.17, 15) is 4.79 Å². The average molecular weight is 221 g/mol. The number of piperidine rings is 1. The van der Waals surface area contributed by atoms with E-state index in [1.54, 1.807) is 6.20 Å². The summed E-state index contributed by atoms with van der Waals surface area (Å²) in [6.45, 7) is 6.01. The van der Waals surface area contributed by atoms with Crippen molar-refractivity contribution < 1.29 is 0 Å². The van der Waals surface area contributed by atoms with Crippen molar-refractivity contribution in [2.45, 2.75) is 39.0 Å². The maximum Gasteiger partial charge on any atom is 0.291 e. The van der Waals surface area contributed by atoms with E-state index in [2.05, 4.69) is 14.9 Å². The topological polar surface area (TPSA) is 49.0 Å². The lowest BCUT2D eigenvalue weighted by atomic mass is 10.1. The molecule has 2 rings (SSSR count). The van der Waals surface area contributed by atoms with Crippen LogP contribution >= 0.6 is 0 Å². The van der Waals surface area contributed by atoms with Gasteiger partial charge in [0.25, 0.3) is 5.56 Å². The summed E-state index contributed by atoms with van der Waals surface area (Å²) in [5.74, 6) is 0.903. The minimum Gasteiger partial charge on any atom is -0.352 e. The Balaban J connectivity index is 2.25. The van der Waals surface area contributed by atoms with Crippen LogP contribution in [0.1, 0.15) is 44.7 Å². The van der Waals surface area contributed by atoms with Gasteiger partial charge in [-0.15, -0.1) is 0 Å². The lowest BCUT2D eigenvalue weighted by Gasteiger charge is -2.26. The second-order valence-electron chi connectivity index (χ2n) is 4.69. The Kier molecular flexibility index (Phi) is 3.27.